The number of rotatable bonds is 7. The van der Waals surface area contributed by atoms with E-state index in [2.05, 4.69) is 0 Å². The van der Waals surface area contributed by atoms with Gasteiger partial charge in [0, 0.05) is 13.2 Å². The molecule has 0 N–H and O–H groups in total. The maximum Gasteiger partial charge on any atom is 0.337 e. The van der Waals surface area contributed by atoms with E-state index in [1.54, 1.807) is 31.2 Å². The highest BCUT2D eigenvalue weighted by Crippen LogP contribution is 2.41. The van der Waals surface area contributed by atoms with Crippen molar-refractivity contribution in [3.8, 4) is 28.7 Å². The minimum atomic E-state index is -0.547. The second kappa shape index (κ2) is 8.87. The van der Waals surface area contributed by atoms with Crippen LogP contribution in [0.3, 0.4) is 0 Å². The molecular formula is C22H22O8. The van der Waals surface area contributed by atoms with Crippen molar-refractivity contribution in [1.82, 2.24) is 0 Å². The van der Waals surface area contributed by atoms with Crippen LogP contribution in [0.25, 0.3) is 6.08 Å². The number of Topliss-reactive ketones (excluding diaryl/α,β-unsaturated/α-hetero) is 1. The highest BCUT2D eigenvalue weighted by atomic mass is 16.6. The van der Waals surface area contributed by atoms with Crippen molar-refractivity contribution in [2.24, 2.45) is 0 Å². The zero-order valence-electron chi connectivity index (χ0n) is 17.4. The molecule has 0 bridgehead atoms. The number of ketones is 1. The lowest BCUT2D eigenvalue weighted by Crippen LogP contribution is -2.14. The number of allylic oxidation sites excluding steroid dienone is 1. The van der Waals surface area contributed by atoms with E-state index in [1.165, 1.54) is 34.5 Å². The Morgan fingerprint density at radius 3 is 2.23 bits per heavy atom. The molecule has 1 aliphatic rings. The van der Waals surface area contributed by atoms with Gasteiger partial charge in [-0.3, -0.25) is 4.79 Å². The molecule has 1 aliphatic heterocycles. The molecule has 0 saturated carbocycles. The van der Waals surface area contributed by atoms with E-state index < -0.39 is 5.97 Å². The molecule has 0 spiro atoms. The number of esters is 1. The van der Waals surface area contributed by atoms with Gasteiger partial charge in [-0.2, -0.15) is 0 Å². The SMILES string of the molecule is COCC(=O)Oc1cc(C)c2c(c1)O/C(=C\c1cc(OC)c(OC)c(OC)c1)C2=O. The minimum absolute atomic E-state index is 0.128. The number of aryl methyl sites for hydroxylation is 1. The first kappa shape index (κ1) is 21.2. The number of benzene rings is 2. The van der Waals surface area contributed by atoms with Crippen LogP contribution >= 0.6 is 0 Å². The lowest BCUT2D eigenvalue weighted by atomic mass is 10.0. The van der Waals surface area contributed by atoms with E-state index in [0.717, 1.165) is 0 Å². The molecule has 158 valence electrons. The van der Waals surface area contributed by atoms with Gasteiger partial charge in [-0.1, -0.05) is 0 Å². The summed E-state index contributed by atoms with van der Waals surface area (Å²) in [5.74, 6) is 1.25. The number of hydrogen-bond donors (Lipinski definition) is 0. The van der Waals surface area contributed by atoms with Crippen LogP contribution in [-0.4, -0.2) is 46.8 Å². The van der Waals surface area contributed by atoms with Crippen molar-refractivity contribution in [3.63, 3.8) is 0 Å². The third kappa shape index (κ3) is 4.08. The Bertz CT molecular complexity index is 997. The fourth-order valence-corrected chi connectivity index (χ4v) is 3.15. The molecule has 0 fully saturated rings. The first-order valence-electron chi connectivity index (χ1n) is 9.00. The fourth-order valence-electron chi connectivity index (χ4n) is 3.15. The Kier molecular flexibility index (Phi) is 6.27. The molecule has 0 radical (unpaired) electrons. The smallest absolute Gasteiger partial charge is 0.337 e. The van der Waals surface area contributed by atoms with Crippen LogP contribution in [0, 0.1) is 6.92 Å². The Labute approximate surface area is 173 Å². The second-order valence-electron chi connectivity index (χ2n) is 6.42. The van der Waals surface area contributed by atoms with Crippen molar-refractivity contribution < 1.29 is 38.0 Å². The topological polar surface area (TPSA) is 89.5 Å². The van der Waals surface area contributed by atoms with Gasteiger partial charge in [0.2, 0.25) is 11.5 Å². The molecule has 30 heavy (non-hydrogen) atoms. The van der Waals surface area contributed by atoms with E-state index in [4.69, 9.17) is 28.4 Å². The lowest BCUT2D eigenvalue weighted by Gasteiger charge is -2.13. The summed E-state index contributed by atoms with van der Waals surface area (Å²) in [4.78, 5) is 24.5. The van der Waals surface area contributed by atoms with Crippen molar-refractivity contribution in [2.75, 3.05) is 35.0 Å². The van der Waals surface area contributed by atoms with Crippen LogP contribution in [0.5, 0.6) is 28.7 Å². The molecule has 1 heterocycles. The normalized spacial score (nSPS) is 13.6. The second-order valence-corrected chi connectivity index (χ2v) is 6.42. The van der Waals surface area contributed by atoms with E-state index in [0.29, 0.717) is 39.7 Å². The molecule has 8 nitrogen and oxygen atoms in total. The molecular weight excluding hydrogens is 392 g/mol. The monoisotopic (exact) mass is 414 g/mol. The maximum atomic E-state index is 12.9. The molecule has 2 aromatic carbocycles. The third-order valence-electron chi connectivity index (χ3n) is 4.42. The molecule has 0 atom stereocenters. The molecule has 0 saturated heterocycles. The molecule has 0 amide bonds. The van der Waals surface area contributed by atoms with E-state index >= 15 is 0 Å². The fraction of sp³-hybridized carbons (Fsp3) is 0.273. The first-order chi connectivity index (χ1) is 14.4. The summed E-state index contributed by atoms with van der Waals surface area (Å²) >= 11 is 0. The van der Waals surface area contributed by atoms with Gasteiger partial charge in [-0.05, 0) is 42.3 Å². The number of methoxy groups -OCH3 is 4. The van der Waals surface area contributed by atoms with Gasteiger partial charge in [-0.25, -0.2) is 4.79 Å². The summed E-state index contributed by atoms with van der Waals surface area (Å²) in [6.07, 6.45) is 1.59. The average molecular weight is 414 g/mol. The Morgan fingerprint density at radius 2 is 1.67 bits per heavy atom. The highest BCUT2D eigenvalue weighted by Gasteiger charge is 2.30. The van der Waals surface area contributed by atoms with Crippen molar-refractivity contribution in [3.05, 3.63) is 46.7 Å². The van der Waals surface area contributed by atoms with Gasteiger partial charge in [0.15, 0.2) is 17.3 Å². The largest absolute Gasteiger partial charge is 0.493 e. The summed E-state index contributed by atoms with van der Waals surface area (Å²) in [6.45, 7) is 1.57. The number of carbonyl (C=O) groups excluding carboxylic acids is 2. The zero-order valence-corrected chi connectivity index (χ0v) is 17.4. The predicted molar refractivity (Wildman–Crippen MR) is 108 cm³/mol. The van der Waals surface area contributed by atoms with Crippen molar-refractivity contribution >= 4 is 17.8 Å². The maximum absolute atomic E-state index is 12.9. The van der Waals surface area contributed by atoms with Crippen LogP contribution in [0.1, 0.15) is 21.5 Å². The van der Waals surface area contributed by atoms with Gasteiger partial charge < -0.3 is 28.4 Å². The zero-order chi connectivity index (χ0) is 21.8. The quantitative estimate of drug-likeness (QED) is 0.388. The van der Waals surface area contributed by atoms with Gasteiger partial charge in [-0.15, -0.1) is 0 Å². The summed E-state index contributed by atoms with van der Waals surface area (Å²) < 4.78 is 31.7. The number of hydrogen-bond acceptors (Lipinski definition) is 8. The van der Waals surface area contributed by atoms with Crippen LogP contribution in [0.4, 0.5) is 0 Å². The Hall–Kier alpha value is -3.52. The Morgan fingerprint density at radius 1 is 1.00 bits per heavy atom. The van der Waals surface area contributed by atoms with Crippen LogP contribution < -0.4 is 23.7 Å². The number of ether oxygens (including phenoxy) is 6. The van der Waals surface area contributed by atoms with Gasteiger partial charge in [0.25, 0.3) is 0 Å². The lowest BCUT2D eigenvalue weighted by molar-refractivity contribution is -0.138. The molecule has 0 aliphatic carbocycles. The average Bonchev–Trinajstić information content (AvgIpc) is 3.02. The third-order valence-corrected chi connectivity index (χ3v) is 4.42. The van der Waals surface area contributed by atoms with Crippen molar-refractivity contribution in [1.29, 1.82) is 0 Å². The summed E-state index contributed by atoms with van der Waals surface area (Å²) in [5.41, 5.74) is 1.68. The molecule has 0 aromatic heterocycles. The first-order valence-corrected chi connectivity index (χ1v) is 9.00. The molecule has 3 rings (SSSR count). The summed E-state index contributed by atoms with van der Waals surface area (Å²) in [5, 5.41) is 0. The number of fused-ring (bicyclic) bond motifs is 1. The van der Waals surface area contributed by atoms with Crippen LogP contribution in [-0.2, 0) is 9.53 Å². The Balaban J connectivity index is 1.95. The molecule has 0 unspecified atom stereocenters. The molecule has 8 heteroatoms. The van der Waals surface area contributed by atoms with E-state index in [1.807, 2.05) is 0 Å². The van der Waals surface area contributed by atoms with Gasteiger partial charge in [0.05, 0.1) is 26.9 Å². The van der Waals surface area contributed by atoms with E-state index in [9.17, 15) is 9.59 Å². The van der Waals surface area contributed by atoms with E-state index in [-0.39, 0.29) is 23.9 Å². The molecule has 2 aromatic rings. The number of carbonyl (C=O) groups is 2. The van der Waals surface area contributed by atoms with Crippen molar-refractivity contribution in [2.45, 2.75) is 6.92 Å². The minimum Gasteiger partial charge on any atom is -0.493 e. The van der Waals surface area contributed by atoms with Gasteiger partial charge in [0.1, 0.15) is 18.1 Å². The summed E-state index contributed by atoms with van der Waals surface area (Å²) in [6, 6.07) is 6.53. The van der Waals surface area contributed by atoms with Crippen LogP contribution in [0.2, 0.25) is 0 Å². The summed E-state index contributed by atoms with van der Waals surface area (Å²) in [7, 11) is 5.93. The standard InChI is InChI=1S/C22H22O8/c1-12-6-14(29-19(23)11-25-2)10-15-20(12)21(24)16(30-15)7-13-8-17(26-3)22(28-5)18(9-13)27-4/h6-10H,11H2,1-5H3/b16-7-. The van der Waals surface area contributed by atoms with Crippen LogP contribution in [0.15, 0.2) is 30.0 Å². The predicted octanol–water partition coefficient (Wildman–Crippen LogP) is 3.19. The highest BCUT2D eigenvalue weighted by molar-refractivity contribution is 6.15. The van der Waals surface area contributed by atoms with Gasteiger partial charge >= 0.3 is 5.97 Å².